The van der Waals surface area contributed by atoms with Crippen LogP contribution in [0.3, 0.4) is 0 Å². The molecule has 8 heteroatoms. The van der Waals surface area contributed by atoms with Crippen molar-refractivity contribution in [1.29, 1.82) is 0 Å². The van der Waals surface area contributed by atoms with Crippen LogP contribution in [0, 0.1) is 0 Å². The summed E-state index contributed by atoms with van der Waals surface area (Å²) in [6, 6.07) is 18.6. The Morgan fingerprint density at radius 3 is 2.45 bits per heavy atom. The summed E-state index contributed by atoms with van der Waals surface area (Å²) < 4.78 is 26.5. The number of fused-ring (bicyclic) bond motifs is 1. The predicted molar refractivity (Wildman–Crippen MR) is 134 cm³/mol. The zero-order chi connectivity index (χ0) is 23.2. The number of nitrogens with zero attached hydrogens (tertiary/aromatic N) is 2. The molecule has 4 aromatic rings. The summed E-state index contributed by atoms with van der Waals surface area (Å²) in [5.41, 5.74) is 4.39. The van der Waals surface area contributed by atoms with Crippen LogP contribution < -0.4 is 0 Å². The van der Waals surface area contributed by atoms with Crippen molar-refractivity contribution >= 4 is 43.0 Å². The standard InChI is InChI=1S/C25H19BrN2O3S2/c1-28-14-19-11-17(2-7-22(19)25(28)29)23-8-9-24(32-23)18-10-16(12-27-13-18)15-33(30,31)21-5-3-20(26)4-6-21/h2-13H,14-15H2,1H3. The zero-order valence-corrected chi connectivity index (χ0v) is 20.9. The van der Waals surface area contributed by atoms with Crippen molar-refractivity contribution in [3.63, 3.8) is 0 Å². The molecule has 0 atom stereocenters. The molecule has 0 fully saturated rings. The van der Waals surface area contributed by atoms with Crippen molar-refractivity contribution in [3.05, 3.63) is 94.2 Å². The largest absolute Gasteiger partial charge is 0.337 e. The summed E-state index contributed by atoms with van der Waals surface area (Å²) in [4.78, 5) is 20.5. The number of hydrogen-bond acceptors (Lipinski definition) is 5. The second-order valence-corrected chi connectivity index (χ2v) is 12.0. The number of benzene rings is 2. The predicted octanol–water partition coefficient (Wildman–Crippen LogP) is 5.80. The van der Waals surface area contributed by atoms with Gasteiger partial charge in [0.15, 0.2) is 9.84 Å². The third kappa shape index (κ3) is 4.38. The molecule has 1 aliphatic heterocycles. The number of hydrogen-bond donors (Lipinski definition) is 0. The Hall–Kier alpha value is -2.81. The average Bonchev–Trinajstić information content (AvgIpc) is 3.39. The monoisotopic (exact) mass is 538 g/mol. The first kappa shape index (κ1) is 22.0. The van der Waals surface area contributed by atoms with E-state index < -0.39 is 9.84 Å². The second kappa shape index (κ2) is 8.52. The first-order chi connectivity index (χ1) is 15.8. The Bertz CT molecular complexity index is 1480. The van der Waals surface area contributed by atoms with Gasteiger partial charge < -0.3 is 4.90 Å². The molecule has 2 aromatic heterocycles. The van der Waals surface area contributed by atoms with Gasteiger partial charge in [-0.25, -0.2) is 8.42 Å². The lowest BCUT2D eigenvalue weighted by Gasteiger charge is -2.06. The maximum atomic E-state index is 12.8. The number of aromatic nitrogens is 1. The molecule has 0 radical (unpaired) electrons. The zero-order valence-electron chi connectivity index (χ0n) is 17.7. The Labute approximate surface area is 204 Å². The van der Waals surface area contributed by atoms with Crippen LogP contribution in [0.15, 0.2) is 82.4 Å². The molecule has 0 spiro atoms. The maximum Gasteiger partial charge on any atom is 0.254 e. The van der Waals surface area contributed by atoms with Gasteiger partial charge in [-0.1, -0.05) is 22.0 Å². The van der Waals surface area contributed by atoms with Gasteiger partial charge in [0.05, 0.1) is 10.6 Å². The number of thiophene rings is 1. The molecule has 5 nitrogen and oxygen atoms in total. The number of carbonyl (C=O) groups is 1. The molecule has 1 aliphatic rings. The lowest BCUT2D eigenvalue weighted by atomic mass is 10.1. The number of amides is 1. The molecule has 0 unspecified atom stereocenters. The van der Waals surface area contributed by atoms with Crippen molar-refractivity contribution in [2.45, 2.75) is 17.2 Å². The molecule has 3 heterocycles. The van der Waals surface area contributed by atoms with E-state index in [1.807, 2.05) is 37.4 Å². The highest BCUT2D eigenvalue weighted by molar-refractivity contribution is 9.10. The Balaban J connectivity index is 1.40. The van der Waals surface area contributed by atoms with Crippen LogP contribution in [-0.2, 0) is 22.1 Å². The normalized spacial score (nSPS) is 13.4. The van der Waals surface area contributed by atoms with E-state index in [2.05, 4.69) is 27.0 Å². The summed E-state index contributed by atoms with van der Waals surface area (Å²) in [6.45, 7) is 0.624. The summed E-state index contributed by atoms with van der Waals surface area (Å²) in [6.07, 6.45) is 3.35. The van der Waals surface area contributed by atoms with Crippen LogP contribution in [0.2, 0.25) is 0 Å². The third-order valence-corrected chi connectivity index (χ3v) is 9.01. The molecule has 0 aliphatic carbocycles. The molecule has 0 saturated carbocycles. The van der Waals surface area contributed by atoms with Gasteiger partial charge in [0.1, 0.15) is 0 Å². The molecule has 0 saturated heterocycles. The topological polar surface area (TPSA) is 67.3 Å². The van der Waals surface area contributed by atoms with E-state index in [1.165, 1.54) is 0 Å². The molecular weight excluding hydrogens is 520 g/mol. The van der Waals surface area contributed by atoms with Crippen LogP contribution in [-0.4, -0.2) is 31.3 Å². The summed E-state index contributed by atoms with van der Waals surface area (Å²) in [5, 5.41) is 0. The minimum absolute atomic E-state index is 0.0596. The van der Waals surface area contributed by atoms with Crippen LogP contribution in [0.1, 0.15) is 21.5 Å². The van der Waals surface area contributed by atoms with Crippen molar-refractivity contribution in [2.75, 3.05) is 7.05 Å². The van der Waals surface area contributed by atoms with Gasteiger partial charge in [0.2, 0.25) is 0 Å². The van der Waals surface area contributed by atoms with Crippen LogP contribution >= 0.6 is 27.3 Å². The lowest BCUT2D eigenvalue weighted by molar-refractivity contribution is 0.0816. The van der Waals surface area contributed by atoms with E-state index >= 15 is 0 Å². The fraction of sp³-hybridized carbons (Fsp3) is 0.120. The molecule has 33 heavy (non-hydrogen) atoms. The fourth-order valence-electron chi connectivity index (χ4n) is 3.91. The number of carbonyl (C=O) groups excluding carboxylic acids is 1. The van der Waals surface area contributed by atoms with Crippen molar-refractivity contribution < 1.29 is 13.2 Å². The van der Waals surface area contributed by atoms with E-state index in [1.54, 1.807) is 52.9 Å². The van der Waals surface area contributed by atoms with Gasteiger partial charge in [-0.2, -0.15) is 0 Å². The van der Waals surface area contributed by atoms with E-state index in [9.17, 15) is 13.2 Å². The van der Waals surface area contributed by atoms with E-state index in [0.717, 1.165) is 36.5 Å². The summed E-state index contributed by atoms with van der Waals surface area (Å²) in [5.74, 6) is -0.0514. The fourth-order valence-corrected chi connectivity index (χ4v) is 6.48. The number of halogens is 1. The molecule has 1 amide bonds. The number of sulfone groups is 1. The van der Waals surface area contributed by atoms with Crippen LogP contribution in [0.4, 0.5) is 0 Å². The molecule has 0 bridgehead atoms. The highest BCUT2D eigenvalue weighted by atomic mass is 79.9. The average molecular weight is 539 g/mol. The van der Waals surface area contributed by atoms with Gasteiger partial charge >= 0.3 is 0 Å². The number of rotatable bonds is 5. The van der Waals surface area contributed by atoms with Crippen molar-refractivity contribution in [1.82, 2.24) is 9.88 Å². The van der Waals surface area contributed by atoms with E-state index in [-0.39, 0.29) is 16.6 Å². The smallest absolute Gasteiger partial charge is 0.254 e. The van der Waals surface area contributed by atoms with Crippen molar-refractivity contribution in [2.24, 2.45) is 0 Å². The van der Waals surface area contributed by atoms with E-state index in [0.29, 0.717) is 12.1 Å². The van der Waals surface area contributed by atoms with Gasteiger partial charge in [-0.15, -0.1) is 11.3 Å². The third-order valence-electron chi connectivity index (χ3n) is 5.59. The molecule has 2 aromatic carbocycles. The van der Waals surface area contributed by atoms with Crippen molar-refractivity contribution in [3.8, 4) is 20.9 Å². The van der Waals surface area contributed by atoms with Crippen LogP contribution in [0.5, 0.6) is 0 Å². The molecule has 0 N–H and O–H groups in total. The van der Waals surface area contributed by atoms with E-state index in [4.69, 9.17) is 0 Å². The maximum absolute atomic E-state index is 12.8. The van der Waals surface area contributed by atoms with Crippen LogP contribution in [0.25, 0.3) is 20.9 Å². The minimum atomic E-state index is -3.47. The first-order valence-corrected chi connectivity index (χ1v) is 13.5. The second-order valence-electron chi connectivity index (χ2n) is 7.99. The van der Waals surface area contributed by atoms with Gasteiger partial charge in [0, 0.05) is 51.3 Å². The molecule has 166 valence electrons. The van der Waals surface area contributed by atoms with Gasteiger partial charge in [-0.05, 0) is 71.3 Å². The Kier molecular flexibility index (Phi) is 5.68. The quantitative estimate of drug-likeness (QED) is 0.322. The lowest BCUT2D eigenvalue weighted by Crippen LogP contribution is -2.17. The minimum Gasteiger partial charge on any atom is -0.337 e. The Morgan fingerprint density at radius 1 is 0.970 bits per heavy atom. The number of pyridine rings is 1. The SMILES string of the molecule is CN1Cc2cc(-c3ccc(-c4cncc(CS(=O)(=O)c5ccc(Br)cc5)c4)s3)ccc2C1=O. The first-order valence-electron chi connectivity index (χ1n) is 10.2. The highest BCUT2D eigenvalue weighted by Crippen LogP contribution is 2.36. The summed E-state index contributed by atoms with van der Waals surface area (Å²) >= 11 is 4.95. The highest BCUT2D eigenvalue weighted by Gasteiger charge is 2.24. The van der Waals surface area contributed by atoms with Gasteiger partial charge in [0.25, 0.3) is 5.91 Å². The molecular formula is C25H19BrN2O3S2. The van der Waals surface area contributed by atoms with Gasteiger partial charge in [-0.3, -0.25) is 9.78 Å². The Morgan fingerprint density at radius 2 is 1.70 bits per heavy atom. The summed E-state index contributed by atoms with van der Waals surface area (Å²) in [7, 11) is -1.66. The molecule has 5 rings (SSSR count).